The number of benzene rings is 1. The van der Waals surface area contributed by atoms with E-state index in [0.717, 1.165) is 31.1 Å². The van der Waals surface area contributed by atoms with Crippen LogP contribution in [0.25, 0.3) is 5.69 Å². The normalized spacial score (nSPS) is 15.5. The Kier molecular flexibility index (Phi) is 3.21. The average molecular weight is 254 g/mol. The van der Waals surface area contributed by atoms with E-state index in [4.69, 9.17) is 5.26 Å². The first-order valence-corrected chi connectivity index (χ1v) is 6.37. The maximum atomic E-state index is 8.80. The molecule has 0 bridgehead atoms. The van der Waals surface area contributed by atoms with Crippen LogP contribution in [0.4, 0.5) is 0 Å². The Balaban J connectivity index is 1.84. The topological polar surface area (TPSA) is 70.6 Å². The van der Waals surface area contributed by atoms with Gasteiger partial charge >= 0.3 is 0 Å². The van der Waals surface area contributed by atoms with Crippen molar-refractivity contribution in [1.29, 1.82) is 5.26 Å². The van der Waals surface area contributed by atoms with Crippen molar-refractivity contribution < 1.29 is 0 Å². The lowest BCUT2D eigenvalue weighted by atomic mass is 10.2. The third-order valence-corrected chi connectivity index (χ3v) is 3.34. The van der Waals surface area contributed by atoms with E-state index in [9.17, 15) is 0 Å². The van der Waals surface area contributed by atoms with Crippen molar-refractivity contribution in [1.82, 2.24) is 25.1 Å². The Hall–Kier alpha value is -2.26. The number of hydrogen-bond acceptors (Lipinski definition) is 5. The van der Waals surface area contributed by atoms with Crippen LogP contribution in [0.1, 0.15) is 24.2 Å². The van der Waals surface area contributed by atoms with Gasteiger partial charge in [-0.2, -0.15) is 9.94 Å². The van der Waals surface area contributed by atoms with Crippen molar-refractivity contribution >= 4 is 0 Å². The summed E-state index contributed by atoms with van der Waals surface area (Å²) in [6.45, 7) is 2.99. The van der Waals surface area contributed by atoms with E-state index in [-0.39, 0.29) is 0 Å². The second-order valence-electron chi connectivity index (χ2n) is 4.65. The van der Waals surface area contributed by atoms with Crippen LogP contribution >= 0.6 is 0 Å². The molecule has 1 aromatic carbocycles. The molecular formula is C13H14N6. The maximum Gasteiger partial charge on any atom is 0.170 e. The van der Waals surface area contributed by atoms with E-state index in [1.54, 1.807) is 16.8 Å². The molecule has 0 saturated carbocycles. The van der Waals surface area contributed by atoms with E-state index in [1.165, 1.54) is 12.8 Å². The van der Waals surface area contributed by atoms with Gasteiger partial charge < -0.3 is 0 Å². The summed E-state index contributed by atoms with van der Waals surface area (Å²) in [6.07, 6.45) is 2.50. The van der Waals surface area contributed by atoms with E-state index >= 15 is 0 Å². The summed E-state index contributed by atoms with van der Waals surface area (Å²) >= 11 is 0. The fraction of sp³-hybridized carbons (Fsp3) is 0.385. The van der Waals surface area contributed by atoms with Crippen LogP contribution in [0.2, 0.25) is 0 Å². The third kappa shape index (κ3) is 2.46. The smallest absolute Gasteiger partial charge is 0.170 e. The monoisotopic (exact) mass is 254 g/mol. The number of nitriles is 1. The predicted molar refractivity (Wildman–Crippen MR) is 68.4 cm³/mol. The van der Waals surface area contributed by atoms with Gasteiger partial charge in [-0.3, -0.25) is 4.90 Å². The van der Waals surface area contributed by atoms with E-state index in [0.29, 0.717) is 5.56 Å². The first kappa shape index (κ1) is 11.8. The molecule has 6 nitrogen and oxygen atoms in total. The lowest BCUT2D eigenvalue weighted by Gasteiger charge is -2.13. The van der Waals surface area contributed by atoms with Crippen molar-refractivity contribution in [3.05, 3.63) is 35.7 Å². The maximum absolute atomic E-state index is 8.80. The molecule has 1 saturated heterocycles. The molecule has 0 radical (unpaired) electrons. The summed E-state index contributed by atoms with van der Waals surface area (Å²) in [4.78, 5) is 2.35. The molecule has 0 N–H and O–H groups in total. The first-order valence-electron chi connectivity index (χ1n) is 6.37. The first-order chi connectivity index (χ1) is 9.36. The molecule has 1 aromatic heterocycles. The van der Waals surface area contributed by atoms with Crippen molar-refractivity contribution in [2.75, 3.05) is 13.1 Å². The Morgan fingerprint density at radius 1 is 1.16 bits per heavy atom. The zero-order valence-corrected chi connectivity index (χ0v) is 10.5. The van der Waals surface area contributed by atoms with Crippen molar-refractivity contribution in [3.63, 3.8) is 0 Å². The van der Waals surface area contributed by atoms with Crippen LogP contribution in [0, 0.1) is 11.3 Å². The number of tetrazole rings is 1. The van der Waals surface area contributed by atoms with E-state index in [1.807, 2.05) is 12.1 Å². The highest BCUT2D eigenvalue weighted by molar-refractivity contribution is 5.38. The van der Waals surface area contributed by atoms with Gasteiger partial charge in [-0.1, -0.05) is 0 Å². The summed E-state index contributed by atoms with van der Waals surface area (Å²) in [6, 6.07) is 9.38. The van der Waals surface area contributed by atoms with Gasteiger partial charge in [-0.15, -0.1) is 5.10 Å². The Labute approximate surface area is 111 Å². The average Bonchev–Trinajstić information content (AvgIpc) is 3.11. The van der Waals surface area contributed by atoms with Crippen LogP contribution in [-0.2, 0) is 6.54 Å². The molecule has 2 aromatic rings. The molecule has 1 aliphatic rings. The summed E-state index contributed by atoms with van der Waals surface area (Å²) in [5, 5.41) is 20.7. The highest BCUT2D eigenvalue weighted by Gasteiger charge is 2.16. The van der Waals surface area contributed by atoms with Crippen LogP contribution in [-0.4, -0.2) is 38.2 Å². The van der Waals surface area contributed by atoms with E-state index in [2.05, 4.69) is 26.5 Å². The second kappa shape index (κ2) is 5.16. The van der Waals surface area contributed by atoms with E-state index < -0.39 is 0 Å². The quantitative estimate of drug-likeness (QED) is 0.821. The van der Waals surface area contributed by atoms with Gasteiger partial charge in [0.15, 0.2) is 5.82 Å². The lowest BCUT2D eigenvalue weighted by molar-refractivity contribution is 0.319. The van der Waals surface area contributed by atoms with Crippen LogP contribution in [0.3, 0.4) is 0 Å². The van der Waals surface area contributed by atoms with Crippen molar-refractivity contribution in [2.45, 2.75) is 19.4 Å². The number of aromatic nitrogens is 4. The summed E-state index contributed by atoms with van der Waals surface area (Å²) < 4.78 is 1.74. The van der Waals surface area contributed by atoms with Gasteiger partial charge in [0.05, 0.1) is 23.9 Å². The predicted octanol–water partition coefficient (Wildman–Crippen LogP) is 1.13. The molecule has 2 heterocycles. The fourth-order valence-electron chi connectivity index (χ4n) is 2.32. The van der Waals surface area contributed by atoms with Gasteiger partial charge in [0.2, 0.25) is 0 Å². The molecule has 0 aliphatic carbocycles. The Bertz CT molecular complexity index is 588. The second-order valence-corrected chi connectivity index (χ2v) is 4.65. The molecule has 1 aliphatic heterocycles. The molecular weight excluding hydrogens is 240 g/mol. The zero-order valence-electron chi connectivity index (χ0n) is 10.5. The third-order valence-electron chi connectivity index (χ3n) is 3.34. The zero-order chi connectivity index (χ0) is 13.1. The van der Waals surface area contributed by atoms with Gasteiger partial charge in [0.25, 0.3) is 0 Å². The number of rotatable bonds is 3. The van der Waals surface area contributed by atoms with Crippen LogP contribution in [0.15, 0.2) is 24.3 Å². The summed E-state index contributed by atoms with van der Waals surface area (Å²) in [5.74, 6) is 0.839. The molecule has 6 heteroatoms. The van der Waals surface area contributed by atoms with Gasteiger partial charge in [-0.05, 0) is 60.6 Å². The molecule has 1 fully saturated rings. The van der Waals surface area contributed by atoms with Crippen LogP contribution < -0.4 is 0 Å². The van der Waals surface area contributed by atoms with Gasteiger partial charge in [0, 0.05) is 0 Å². The Morgan fingerprint density at radius 2 is 1.89 bits per heavy atom. The molecule has 19 heavy (non-hydrogen) atoms. The fourth-order valence-corrected chi connectivity index (χ4v) is 2.32. The minimum absolute atomic E-state index is 0.637. The minimum atomic E-state index is 0.637. The lowest BCUT2D eigenvalue weighted by Crippen LogP contribution is -2.21. The number of nitrogens with zero attached hydrogens (tertiary/aromatic N) is 6. The molecule has 0 atom stereocenters. The summed E-state index contributed by atoms with van der Waals surface area (Å²) in [5.41, 5.74) is 1.52. The standard InChI is InChI=1S/C13H14N6/c14-9-11-3-5-12(6-4-11)19-13(15-16-17-19)10-18-7-1-2-8-18/h3-6H,1-2,7-8,10H2. The van der Waals surface area contributed by atoms with Gasteiger partial charge in [-0.25, -0.2) is 0 Å². The van der Waals surface area contributed by atoms with Crippen molar-refractivity contribution in [2.24, 2.45) is 0 Å². The molecule has 0 spiro atoms. The molecule has 0 unspecified atom stereocenters. The summed E-state index contributed by atoms with van der Waals surface area (Å²) in [7, 11) is 0. The largest absolute Gasteiger partial charge is 0.296 e. The molecule has 96 valence electrons. The highest BCUT2D eigenvalue weighted by Crippen LogP contribution is 2.14. The molecule has 3 rings (SSSR count). The SMILES string of the molecule is N#Cc1ccc(-n2nnnc2CN2CCCC2)cc1. The van der Waals surface area contributed by atoms with Gasteiger partial charge in [0.1, 0.15) is 0 Å². The minimum Gasteiger partial charge on any atom is -0.296 e. The highest BCUT2D eigenvalue weighted by atomic mass is 15.5. The number of likely N-dealkylation sites (tertiary alicyclic amines) is 1. The Morgan fingerprint density at radius 3 is 2.58 bits per heavy atom. The molecule has 0 amide bonds. The number of hydrogen-bond donors (Lipinski definition) is 0. The van der Waals surface area contributed by atoms with Crippen LogP contribution in [0.5, 0.6) is 0 Å². The van der Waals surface area contributed by atoms with Crippen molar-refractivity contribution in [3.8, 4) is 11.8 Å².